The van der Waals surface area contributed by atoms with Gasteiger partial charge >= 0.3 is 18.1 Å². The molecule has 0 aliphatic carbocycles. The Hall–Kier alpha value is -2.49. The van der Waals surface area contributed by atoms with E-state index in [4.69, 9.17) is 0 Å². The van der Waals surface area contributed by atoms with E-state index in [9.17, 15) is 28.0 Å². The standard InChI is InChI=1S/C25H31F3N4O3S2/c1-4-5-6-7-12-19(20-17(15-29)10-8-14-31-20)30-13-9-11-18-16-36-23(32-18)37-24(2,3)21(33)35-22(34)25(26,27)28/h8,10,14,16,19,30H,4-7,9,11-13H2,1-3H3. The average molecular weight is 557 g/mol. The summed E-state index contributed by atoms with van der Waals surface area (Å²) in [4.78, 5) is 31.9. The molecule has 0 spiro atoms. The molecule has 12 heteroatoms. The first-order valence-electron chi connectivity index (χ1n) is 12.0. The van der Waals surface area contributed by atoms with Crippen molar-refractivity contribution in [2.45, 2.75) is 87.0 Å². The summed E-state index contributed by atoms with van der Waals surface area (Å²) in [6.07, 6.45) is 3.22. The Morgan fingerprint density at radius 1 is 1.22 bits per heavy atom. The summed E-state index contributed by atoms with van der Waals surface area (Å²) < 4.78 is 40.2. The monoisotopic (exact) mass is 556 g/mol. The van der Waals surface area contributed by atoms with Crippen LogP contribution in [0.3, 0.4) is 0 Å². The number of rotatable bonds is 14. The second-order valence-corrected chi connectivity index (χ2v) is 11.6. The predicted octanol–water partition coefficient (Wildman–Crippen LogP) is 6.15. The molecule has 0 amide bonds. The third-order valence-corrected chi connectivity index (χ3v) is 7.58. The lowest BCUT2D eigenvalue weighted by Crippen LogP contribution is -2.36. The van der Waals surface area contributed by atoms with Crippen LogP contribution in [0.4, 0.5) is 13.2 Å². The molecule has 0 bridgehead atoms. The molecule has 0 radical (unpaired) electrons. The Labute approximate surface area is 223 Å². The molecule has 2 rings (SSSR count). The van der Waals surface area contributed by atoms with E-state index in [2.05, 4.69) is 33.0 Å². The van der Waals surface area contributed by atoms with Gasteiger partial charge in [-0.2, -0.15) is 18.4 Å². The summed E-state index contributed by atoms with van der Waals surface area (Å²) in [6, 6.07) is 5.72. The maximum atomic E-state index is 12.4. The fourth-order valence-corrected chi connectivity index (χ4v) is 5.68. The number of hydrogen-bond acceptors (Lipinski definition) is 9. The van der Waals surface area contributed by atoms with Crippen molar-refractivity contribution in [3.63, 3.8) is 0 Å². The molecular formula is C25H31F3N4O3S2. The van der Waals surface area contributed by atoms with Crippen LogP contribution >= 0.6 is 23.1 Å². The zero-order valence-electron chi connectivity index (χ0n) is 21.1. The zero-order chi connectivity index (χ0) is 27.5. The van der Waals surface area contributed by atoms with Crippen LogP contribution in [-0.2, 0) is 20.7 Å². The van der Waals surface area contributed by atoms with Crippen LogP contribution in [0, 0.1) is 11.3 Å². The van der Waals surface area contributed by atoms with Crippen molar-refractivity contribution in [3.8, 4) is 6.07 Å². The fourth-order valence-electron chi connectivity index (χ4n) is 3.42. The van der Waals surface area contributed by atoms with Gasteiger partial charge in [-0.25, -0.2) is 9.78 Å². The quantitative estimate of drug-likeness (QED) is 0.128. The lowest BCUT2D eigenvalue weighted by Gasteiger charge is -2.20. The molecule has 2 aromatic heterocycles. The number of nitrogens with one attached hydrogen (secondary N) is 1. The number of pyridine rings is 1. The van der Waals surface area contributed by atoms with Gasteiger partial charge in [-0.3, -0.25) is 9.78 Å². The first-order chi connectivity index (χ1) is 17.5. The Balaban J connectivity index is 1.90. The van der Waals surface area contributed by atoms with Gasteiger partial charge in [-0.15, -0.1) is 11.3 Å². The maximum absolute atomic E-state index is 12.4. The number of esters is 2. The summed E-state index contributed by atoms with van der Waals surface area (Å²) in [5.74, 6) is -3.81. The maximum Gasteiger partial charge on any atom is 0.491 e. The Morgan fingerprint density at radius 2 is 1.97 bits per heavy atom. The van der Waals surface area contributed by atoms with E-state index in [-0.39, 0.29) is 6.04 Å². The molecular weight excluding hydrogens is 525 g/mol. The van der Waals surface area contributed by atoms with Gasteiger partial charge in [-0.05, 0) is 51.8 Å². The average Bonchev–Trinajstić information content (AvgIpc) is 3.28. The molecule has 0 saturated heterocycles. The van der Waals surface area contributed by atoms with Gasteiger partial charge < -0.3 is 10.1 Å². The van der Waals surface area contributed by atoms with Crippen molar-refractivity contribution in [1.82, 2.24) is 15.3 Å². The molecule has 7 nitrogen and oxygen atoms in total. The van der Waals surface area contributed by atoms with Crippen molar-refractivity contribution >= 4 is 35.0 Å². The normalized spacial score (nSPS) is 12.7. The number of thioether (sulfide) groups is 1. The summed E-state index contributed by atoms with van der Waals surface area (Å²) in [6.45, 7) is 5.59. The van der Waals surface area contributed by atoms with Gasteiger partial charge in [0.15, 0.2) is 4.34 Å². The van der Waals surface area contributed by atoms with Crippen LogP contribution < -0.4 is 5.32 Å². The van der Waals surface area contributed by atoms with Crippen molar-refractivity contribution in [2.75, 3.05) is 6.54 Å². The number of thiazole rings is 1. The minimum absolute atomic E-state index is 0.0273. The molecule has 2 aromatic rings. The topological polar surface area (TPSA) is 105 Å². The molecule has 1 N–H and O–H groups in total. The smallest absolute Gasteiger partial charge is 0.385 e. The van der Waals surface area contributed by atoms with E-state index < -0.39 is 22.9 Å². The molecule has 37 heavy (non-hydrogen) atoms. The summed E-state index contributed by atoms with van der Waals surface area (Å²) in [5, 5.41) is 14.8. The molecule has 202 valence electrons. The Bertz CT molecular complexity index is 1080. The van der Waals surface area contributed by atoms with Crippen LogP contribution in [0.15, 0.2) is 28.0 Å². The van der Waals surface area contributed by atoms with Gasteiger partial charge in [0.05, 0.1) is 23.0 Å². The predicted molar refractivity (Wildman–Crippen MR) is 136 cm³/mol. The van der Waals surface area contributed by atoms with E-state index in [0.717, 1.165) is 61.7 Å². The number of alkyl halides is 3. The highest BCUT2D eigenvalue weighted by atomic mass is 32.2. The number of nitriles is 1. The van der Waals surface area contributed by atoms with Gasteiger partial charge in [0.25, 0.3) is 0 Å². The number of ether oxygens (including phenoxy) is 1. The van der Waals surface area contributed by atoms with Crippen molar-refractivity contribution in [2.24, 2.45) is 0 Å². The number of hydrogen-bond donors (Lipinski definition) is 1. The summed E-state index contributed by atoms with van der Waals surface area (Å²) in [7, 11) is 0. The van der Waals surface area contributed by atoms with E-state index >= 15 is 0 Å². The first kappa shape index (κ1) is 30.7. The van der Waals surface area contributed by atoms with Crippen LogP contribution in [0.1, 0.15) is 82.3 Å². The van der Waals surface area contributed by atoms with E-state index in [1.165, 1.54) is 25.2 Å². The molecule has 0 aromatic carbocycles. The van der Waals surface area contributed by atoms with E-state index in [1.54, 1.807) is 18.3 Å². The molecule has 0 aliphatic rings. The summed E-state index contributed by atoms with van der Waals surface area (Å²) in [5.41, 5.74) is 2.11. The molecule has 0 aliphatic heterocycles. The number of carbonyl (C=O) groups is 2. The minimum Gasteiger partial charge on any atom is -0.385 e. The number of aromatic nitrogens is 2. The van der Waals surface area contributed by atoms with Gasteiger partial charge in [-0.1, -0.05) is 44.4 Å². The molecule has 0 saturated carbocycles. The van der Waals surface area contributed by atoms with Crippen molar-refractivity contribution in [3.05, 3.63) is 40.7 Å². The van der Waals surface area contributed by atoms with Gasteiger partial charge in [0.1, 0.15) is 10.8 Å². The third kappa shape index (κ3) is 10.1. The van der Waals surface area contributed by atoms with Crippen LogP contribution in [0.25, 0.3) is 0 Å². The highest BCUT2D eigenvalue weighted by Gasteiger charge is 2.45. The van der Waals surface area contributed by atoms with E-state index in [0.29, 0.717) is 22.9 Å². The SMILES string of the molecule is CCCCCCC(NCCCc1csc(SC(C)(C)C(=O)OC(=O)C(F)(F)F)n1)c1ncccc1C#N. The minimum atomic E-state index is -5.24. The Kier molecular flexibility index (Phi) is 12.0. The lowest BCUT2D eigenvalue weighted by molar-refractivity contribution is -0.202. The Morgan fingerprint density at radius 3 is 2.65 bits per heavy atom. The second kappa shape index (κ2) is 14.4. The van der Waals surface area contributed by atoms with E-state index in [1.807, 2.05) is 5.38 Å². The third-order valence-electron chi connectivity index (χ3n) is 5.42. The second-order valence-electron chi connectivity index (χ2n) is 8.90. The fraction of sp³-hybridized carbons (Fsp3) is 0.560. The van der Waals surface area contributed by atoms with Crippen molar-refractivity contribution in [1.29, 1.82) is 5.26 Å². The number of unbranched alkanes of at least 4 members (excludes halogenated alkanes) is 3. The summed E-state index contributed by atoms with van der Waals surface area (Å²) >= 11 is 2.22. The number of nitrogens with zero attached hydrogens (tertiary/aromatic N) is 3. The molecule has 1 atom stereocenters. The highest BCUT2D eigenvalue weighted by Crippen LogP contribution is 2.36. The molecule has 2 heterocycles. The van der Waals surface area contributed by atoms with Crippen LogP contribution in [0.2, 0.25) is 0 Å². The first-order valence-corrected chi connectivity index (χ1v) is 13.7. The number of halogens is 3. The van der Waals surface area contributed by atoms with Crippen molar-refractivity contribution < 1.29 is 27.5 Å². The van der Waals surface area contributed by atoms with Gasteiger partial charge in [0, 0.05) is 11.6 Å². The lowest BCUT2D eigenvalue weighted by atomic mass is 10.0. The number of aryl methyl sites for hydroxylation is 1. The highest BCUT2D eigenvalue weighted by molar-refractivity contribution is 8.03. The zero-order valence-corrected chi connectivity index (χ0v) is 22.7. The largest absolute Gasteiger partial charge is 0.491 e. The van der Waals surface area contributed by atoms with Crippen LogP contribution in [-0.4, -0.2) is 39.4 Å². The van der Waals surface area contributed by atoms with Crippen LogP contribution in [0.5, 0.6) is 0 Å². The van der Waals surface area contributed by atoms with Gasteiger partial charge in [0.2, 0.25) is 0 Å². The number of carbonyl (C=O) groups excluding carboxylic acids is 2. The molecule has 1 unspecified atom stereocenters. The molecule has 0 fully saturated rings.